The van der Waals surface area contributed by atoms with Gasteiger partial charge in [-0.1, -0.05) is 19.9 Å². The largest absolute Gasteiger partial charge is 0.329 e. The third kappa shape index (κ3) is 1.69. The predicted molar refractivity (Wildman–Crippen MR) is 62.3 cm³/mol. The molecule has 1 aromatic carbocycles. The van der Waals surface area contributed by atoms with Gasteiger partial charge in [-0.3, -0.25) is 0 Å². The average molecular weight is 253 g/mol. The van der Waals surface area contributed by atoms with E-state index in [1.807, 2.05) is 18.5 Å². The molecule has 2 nitrogen and oxygen atoms in total. The lowest BCUT2D eigenvalue weighted by atomic mass is 10.2. The first-order chi connectivity index (χ1) is 6.68. The van der Waals surface area contributed by atoms with Crippen LogP contribution in [0.4, 0.5) is 0 Å². The summed E-state index contributed by atoms with van der Waals surface area (Å²) in [4.78, 5) is 4.37. The molecule has 0 aliphatic carbocycles. The number of benzene rings is 1. The number of nitrogens with zero attached hydrogens (tertiary/aromatic N) is 2. The lowest BCUT2D eigenvalue weighted by molar-refractivity contribution is 0.532. The number of fused-ring (bicyclic) bond motifs is 1. The summed E-state index contributed by atoms with van der Waals surface area (Å²) in [6.07, 6.45) is 1.91. The van der Waals surface area contributed by atoms with Gasteiger partial charge in [0.2, 0.25) is 0 Å². The van der Waals surface area contributed by atoms with Crippen molar-refractivity contribution < 1.29 is 0 Å². The fraction of sp³-hybridized carbons (Fsp3) is 0.364. The lowest BCUT2D eigenvalue weighted by Crippen LogP contribution is -2.02. The molecule has 2 aromatic rings. The SMILES string of the molecule is CC(C)Cn1cnc2cccc(Br)c21. The second-order valence-corrected chi connectivity index (χ2v) is 4.75. The highest BCUT2D eigenvalue weighted by molar-refractivity contribution is 9.10. The zero-order valence-corrected chi connectivity index (χ0v) is 9.95. The van der Waals surface area contributed by atoms with E-state index >= 15 is 0 Å². The van der Waals surface area contributed by atoms with Crippen molar-refractivity contribution in [1.29, 1.82) is 0 Å². The zero-order chi connectivity index (χ0) is 10.1. The monoisotopic (exact) mass is 252 g/mol. The maximum atomic E-state index is 4.37. The Balaban J connectivity index is 2.55. The Labute approximate surface area is 92.1 Å². The molecule has 1 heterocycles. The number of para-hydroxylation sites is 1. The minimum Gasteiger partial charge on any atom is -0.329 e. The van der Waals surface area contributed by atoms with Gasteiger partial charge >= 0.3 is 0 Å². The molecule has 0 radical (unpaired) electrons. The molecule has 0 atom stereocenters. The van der Waals surface area contributed by atoms with E-state index in [0.717, 1.165) is 16.5 Å². The molecule has 0 fully saturated rings. The van der Waals surface area contributed by atoms with Crippen LogP contribution in [0.15, 0.2) is 29.0 Å². The molecule has 2 rings (SSSR count). The van der Waals surface area contributed by atoms with Crippen LogP contribution in [0.5, 0.6) is 0 Å². The number of hydrogen-bond donors (Lipinski definition) is 0. The van der Waals surface area contributed by atoms with Crippen molar-refractivity contribution >= 4 is 27.0 Å². The zero-order valence-electron chi connectivity index (χ0n) is 8.37. The van der Waals surface area contributed by atoms with E-state index in [2.05, 4.69) is 45.4 Å². The molecular formula is C11H13BrN2. The van der Waals surface area contributed by atoms with Crippen molar-refractivity contribution in [2.75, 3.05) is 0 Å². The highest BCUT2D eigenvalue weighted by Crippen LogP contribution is 2.23. The number of halogens is 1. The van der Waals surface area contributed by atoms with Gasteiger partial charge in [-0.2, -0.15) is 0 Å². The second-order valence-electron chi connectivity index (χ2n) is 3.90. The summed E-state index contributed by atoms with van der Waals surface area (Å²) < 4.78 is 3.32. The molecule has 0 N–H and O–H groups in total. The molecule has 0 amide bonds. The van der Waals surface area contributed by atoms with E-state index < -0.39 is 0 Å². The van der Waals surface area contributed by atoms with Crippen LogP contribution >= 0.6 is 15.9 Å². The number of hydrogen-bond acceptors (Lipinski definition) is 1. The first-order valence-corrected chi connectivity index (χ1v) is 5.57. The minimum absolute atomic E-state index is 0.638. The van der Waals surface area contributed by atoms with Crippen LogP contribution in [0.25, 0.3) is 11.0 Å². The normalized spacial score (nSPS) is 11.4. The molecule has 0 bridgehead atoms. The van der Waals surface area contributed by atoms with E-state index in [4.69, 9.17) is 0 Å². The Morgan fingerprint density at radius 2 is 2.21 bits per heavy atom. The van der Waals surface area contributed by atoms with Crippen molar-refractivity contribution in [1.82, 2.24) is 9.55 Å². The molecule has 0 unspecified atom stereocenters. The molecule has 14 heavy (non-hydrogen) atoms. The van der Waals surface area contributed by atoms with Gasteiger partial charge in [-0.05, 0) is 34.0 Å². The van der Waals surface area contributed by atoms with Crippen molar-refractivity contribution in [2.45, 2.75) is 20.4 Å². The fourth-order valence-corrected chi connectivity index (χ4v) is 2.20. The first kappa shape index (κ1) is 9.71. The van der Waals surface area contributed by atoms with Crippen LogP contribution in [0, 0.1) is 5.92 Å². The van der Waals surface area contributed by atoms with Gasteiger partial charge in [0.05, 0.1) is 17.4 Å². The van der Waals surface area contributed by atoms with Gasteiger partial charge in [0.1, 0.15) is 0 Å². The van der Waals surface area contributed by atoms with Gasteiger partial charge in [0.15, 0.2) is 0 Å². The van der Waals surface area contributed by atoms with Crippen LogP contribution in [0.3, 0.4) is 0 Å². The summed E-state index contributed by atoms with van der Waals surface area (Å²) in [6.45, 7) is 5.43. The van der Waals surface area contributed by atoms with Crippen LogP contribution in [-0.4, -0.2) is 9.55 Å². The lowest BCUT2D eigenvalue weighted by Gasteiger charge is -2.07. The van der Waals surface area contributed by atoms with Crippen LogP contribution < -0.4 is 0 Å². The summed E-state index contributed by atoms with van der Waals surface area (Å²) in [5, 5.41) is 0. The van der Waals surface area contributed by atoms with Gasteiger partial charge in [0, 0.05) is 11.0 Å². The van der Waals surface area contributed by atoms with Crippen LogP contribution in [0.2, 0.25) is 0 Å². The van der Waals surface area contributed by atoms with Crippen molar-refractivity contribution in [2.24, 2.45) is 5.92 Å². The van der Waals surface area contributed by atoms with Gasteiger partial charge < -0.3 is 4.57 Å². The van der Waals surface area contributed by atoms with Gasteiger partial charge in [-0.25, -0.2) is 4.98 Å². The molecule has 0 aliphatic heterocycles. The summed E-state index contributed by atoms with van der Waals surface area (Å²) in [6, 6.07) is 6.11. The summed E-state index contributed by atoms with van der Waals surface area (Å²) in [7, 11) is 0. The Morgan fingerprint density at radius 1 is 1.43 bits per heavy atom. The maximum absolute atomic E-state index is 4.37. The topological polar surface area (TPSA) is 17.8 Å². The fourth-order valence-electron chi connectivity index (χ4n) is 1.61. The van der Waals surface area contributed by atoms with E-state index in [-0.39, 0.29) is 0 Å². The second kappa shape index (κ2) is 3.73. The van der Waals surface area contributed by atoms with Crippen LogP contribution in [-0.2, 0) is 6.54 Å². The predicted octanol–water partition coefficient (Wildman–Crippen LogP) is 3.45. The molecule has 74 valence electrons. The van der Waals surface area contributed by atoms with E-state index in [0.29, 0.717) is 5.92 Å². The smallest absolute Gasteiger partial charge is 0.0958 e. The molecule has 0 saturated carbocycles. The Hall–Kier alpha value is -0.830. The molecule has 0 saturated heterocycles. The van der Waals surface area contributed by atoms with E-state index in [1.165, 1.54) is 5.52 Å². The van der Waals surface area contributed by atoms with Crippen molar-refractivity contribution in [3.05, 3.63) is 29.0 Å². The number of aromatic nitrogens is 2. The van der Waals surface area contributed by atoms with Crippen LogP contribution in [0.1, 0.15) is 13.8 Å². The number of imidazole rings is 1. The third-order valence-electron chi connectivity index (χ3n) is 2.15. The highest BCUT2D eigenvalue weighted by Gasteiger charge is 2.06. The molecule has 1 aromatic heterocycles. The average Bonchev–Trinajstić information content (AvgIpc) is 2.49. The quantitative estimate of drug-likeness (QED) is 0.801. The van der Waals surface area contributed by atoms with Crippen molar-refractivity contribution in [3.63, 3.8) is 0 Å². The Kier molecular flexibility index (Phi) is 2.59. The Morgan fingerprint density at radius 3 is 2.93 bits per heavy atom. The summed E-state index contributed by atoms with van der Waals surface area (Å²) in [5.74, 6) is 0.638. The molecule has 3 heteroatoms. The standard InChI is InChI=1S/C11H13BrN2/c1-8(2)6-14-7-13-10-5-3-4-9(12)11(10)14/h3-5,7-8H,6H2,1-2H3. The van der Waals surface area contributed by atoms with Gasteiger partial charge in [-0.15, -0.1) is 0 Å². The molecular weight excluding hydrogens is 240 g/mol. The first-order valence-electron chi connectivity index (χ1n) is 4.78. The number of rotatable bonds is 2. The third-order valence-corrected chi connectivity index (χ3v) is 2.79. The summed E-state index contributed by atoms with van der Waals surface area (Å²) in [5.41, 5.74) is 2.25. The highest BCUT2D eigenvalue weighted by atomic mass is 79.9. The van der Waals surface area contributed by atoms with E-state index in [1.54, 1.807) is 0 Å². The molecule has 0 aliphatic rings. The summed E-state index contributed by atoms with van der Waals surface area (Å²) >= 11 is 3.56. The minimum atomic E-state index is 0.638. The molecule has 0 spiro atoms. The van der Waals surface area contributed by atoms with Gasteiger partial charge in [0.25, 0.3) is 0 Å². The Bertz CT molecular complexity index is 445. The van der Waals surface area contributed by atoms with Crippen molar-refractivity contribution in [3.8, 4) is 0 Å². The maximum Gasteiger partial charge on any atom is 0.0958 e. The van der Waals surface area contributed by atoms with E-state index in [9.17, 15) is 0 Å².